The van der Waals surface area contributed by atoms with Gasteiger partial charge in [0.15, 0.2) is 0 Å². The van der Waals surface area contributed by atoms with E-state index >= 15 is 0 Å². The number of rotatable bonds is 9. The second kappa shape index (κ2) is 10.7. The lowest BCUT2D eigenvalue weighted by molar-refractivity contribution is -0.143. The molecule has 2 aliphatic rings. The van der Waals surface area contributed by atoms with Gasteiger partial charge in [-0.2, -0.15) is 0 Å². The van der Waals surface area contributed by atoms with Crippen molar-refractivity contribution in [3.8, 4) is 0 Å². The fourth-order valence-electron chi connectivity index (χ4n) is 5.54. The van der Waals surface area contributed by atoms with Gasteiger partial charge in [-0.25, -0.2) is 0 Å². The first kappa shape index (κ1) is 25.1. The van der Waals surface area contributed by atoms with Crippen LogP contribution in [0.15, 0.2) is 54.6 Å². The maximum absolute atomic E-state index is 13.9. The monoisotopic (exact) mass is 475 g/mol. The minimum atomic E-state index is -1.16. The number of amides is 3. The second-order valence-electron chi connectivity index (χ2n) is 10.2. The first-order chi connectivity index (χ1) is 16.8. The molecule has 0 spiro atoms. The number of benzene rings is 2. The van der Waals surface area contributed by atoms with Crippen molar-refractivity contribution in [2.24, 2.45) is 0 Å². The predicted molar refractivity (Wildman–Crippen MR) is 137 cm³/mol. The van der Waals surface area contributed by atoms with Gasteiger partial charge in [-0.1, -0.05) is 54.6 Å². The van der Waals surface area contributed by atoms with Crippen molar-refractivity contribution >= 4 is 17.7 Å². The first-order valence-electron chi connectivity index (χ1n) is 12.7. The van der Waals surface area contributed by atoms with Crippen LogP contribution in [-0.2, 0) is 26.3 Å². The lowest BCUT2D eigenvalue weighted by Crippen LogP contribution is -2.43. The van der Waals surface area contributed by atoms with Crippen molar-refractivity contribution in [2.75, 3.05) is 26.7 Å². The maximum atomic E-state index is 13.9. The van der Waals surface area contributed by atoms with Crippen molar-refractivity contribution < 1.29 is 14.4 Å². The summed E-state index contributed by atoms with van der Waals surface area (Å²) in [4.78, 5) is 46.1. The number of hydrogen-bond donors (Lipinski definition) is 0. The van der Waals surface area contributed by atoms with Crippen LogP contribution in [0.2, 0.25) is 0 Å². The number of likely N-dealkylation sites (tertiary alicyclic amines) is 2. The Morgan fingerprint density at radius 1 is 1.03 bits per heavy atom. The molecule has 2 saturated heterocycles. The molecule has 2 aromatic rings. The van der Waals surface area contributed by atoms with Crippen LogP contribution in [0.5, 0.6) is 0 Å². The highest BCUT2D eigenvalue weighted by molar-refractivity contribution is 6.10. The van der Waals surface area contributed by atoms with Crippen LogP contribution in [0, 0.1) is 6.92 Å². The third-order valence-corrected chi connectivity index (χ3v) is 7.78. The summed E-state index contributed by atoms with van der Waals surface area (Å²) in [7, 11) is 1.81. The van der Waals surface area contributed by atoms with Gasteiger partial charge in [0.1, 0.15) is 0 Å². The molecule has 0 N–H and O–H groups in total. The average molecular weight is 476 g/mol. The molecule has 6 nitrogen and oxygen atoms in total. The maximum Gasteiger partial charge on any atom is 0.241 e. The van der Waals surface area contributed by atoms with Crippen molar-refractivity contribution in [3.05, 3.63) is 71.3 Å². The normalized spacial score (nSPS) is 21.5. The summed E-state index contributed by atoms with van der Waals surface area (Å²) in [6.07, 6.45) is 3.41. The Morgan fingerprint density at radius 2 is 1.69 bits per heavy atom. The standard InChI is InChI=1S/C29H37N3O3/c1-22-11-7-8-14-25(22)29(19-26(33)30(3)18-15-23(2)31-16-9-10-17-31)20-27(34)32(28(29)35)21-24-12-5-4-6-13-24/h4-8,11-14,23H,9-10,15-21H2,1-3H3/t23-,29-/m0/s1. The van der Waals surface area contributed by atoms with Gasteiger partial charge in [-0.05, 0) is 62.9 Å². The van der Waals surface area contributed by atoms with Gasteiger partial charge < -0.3 is 9.80 Å². The predicted octanol–water partition coefficient (Wildman–Crippen LogP) is 3.91. The Morgan fingerprint density at radius 3 is 2.37 bits per heavy atom. The van der Waals surface area contributed by atoms with Crippen molar-refractivity contribution in [2.45, 2.75) is 64.0 Å². The Labute approximate surface area is 208 Å². The number of carbonyl (C=O) groups is 3. The molecule has 3 amide bonds. The number of aryl methyl sites for hydroxylation is 1. The van der Waals surface area contributed by atoms with E-state index in [4.69, 9.17) is 0 Å². The molecule has 2 fully saturated rings. The molecule has 2 heterocycles. The molecule has 0 aliphatic carbocycles. The van der Waals surface area contributed by atoms with Gasteiger partial charge >= 0.3 is 0 Å². The van der Waals surface area contributed by atoms with Gasteiger partial charge in [0, 0.05) is 32.5 Å². The Hall–Kier alpha value is -2.99. The van der Waals surface area contributed by atoms with E-state index in [1.54, 1.807) is 4.90 Å². The molecule has 0 bridgehead atoms. The average Bonchev–Trinajstić information content (AvgIpc) is 3.47. The molecule has 2 aliphatic heterocycles. The van der Waals surface area contributed by atoms with Crippen LogP contribution in [-0.4, -0.2) is 65.1 Å². The van der Waals surface area contributed by atoms with Gasteiger partial charge in [0.05, 0.1) is 12.0 Å². The summed E-state index contributed by atoms with van der Waals surface area (Å²) in [6, 6.07) is 17.6. The topological polar surface area (TPSA) is 60.9 Å². The highest BCUT2D eigenvalue weighted by atomic mass is 16.2. The fraction of sp³-hybridized carbons (Fsp3) is 0.483. The lowest BCUT2D eigenvalue weighted by Gasteiger charge is -2.31. The van der Waals surface area contributed by atoms with Gasteiger partial charge in [0.25, 0.3) is 0 Å². The minimum absolute atomic E-state index is 0.00229. The zero-order valence-corrected chi connectivity index (χ0v) is 21.2. The highest BCUT2D eigenvalue weighted by Gasteiger charge is 2.54. The van der Waals surface area contributed by atoms with Crippen molar-refractivity contribution in [1.82, 2.24) is 14.7 Å². The SMILES string of the molecule is Cc1ccccc1[C@]1(CC(=O)N(C)CC[C@H](C)N2CCCC2)CC(=O)N(Cc2ccccc2)C1=O. The van der Waals surface area contributed by atoms with Crippen molar-refractivity contribution in [3.63, 3.8) is 0 Å². The molecule has 35 heavy (non-hydrogen) atoms. The molecule has 186 valence electrons. The van der Waals surface area contributed by atoms with E-state index in [1.165, 1.54) is 17.7 Å². The molecule has 0 aromatic heterocycles. The summed E-state index contributed by atoms with van der Waals surface area (Å²) < 4.78 is 0. The molecule has 2 aromatic carbocycles. The van der Waals surface area contributed by atoms with E-state index in [1.807, 2.05) is 68.6 Å². The second-order valence-corrected chi connectivity index (χ2v) is 10.2. The van der Waals surface area contributed by atoms with Gasteiger partial charge in [-0.3, -0.25) is 19.3 Å². The smallest absolute Gasteiger partial charge is 0.241 e. The number of imide groups is 1. The third kappa shape index (κ3) is 5.32. The molecular weight excluding hydrogens is 438 g/mol. The molecule has 2 atom stereocenters. The van der Waals surface area contributed by atoms with Gasteiger partial charge in [0.2, 0.25) is 17.7 Å². The number of carbonyl (C=O) groups excluding carboxylic acids is 3. The molecular formula is C29H37N3O3. The van der Waals surface area contributed by atoms with Crippen LogP contribution in [0.3, 0.4) is 0 Å². The number of nitrogens with zero attached hydrogens (tertiary/aromatic N) is 3. The van der Waals surface area contributed by atoms with E-state index in [2.05, 4.69) is 11.8 Å². The zero-order valence-electron chi connectivity index (χ0n) is 21.2. The lowest BCUT2D eigenvalue weighted by atomic mass is 9.74. The first-order valence-corrected chi connectivity index (χ1v) is 12.7. The zero-order chi connectivity index (χ0) is 25.0. The Balaban J connectivity index is 1.54. The van der Waals surface area contributed by atoms with Crippen LogP contribution in [0.4, 0.5) is 0 Å². The fourth-order valence-corrected chi connectivity index (χ4v) is 5.54. The van der Waals surface area contributed by atoms with Crippen molar-refractivity contribution in [1.29, 1.82) is 0 Å². The van der Waals surface area contributed by atoms with E-state index < -0.39 is 5.41 Å². The minimum Gasteiger partial charge on any atom is -0.346 e. The Bertz CT molecular complexity index is 1060. The molecule has 0 unspecified atom stereocenters. The summed E-state index contributed by atoms with van der Waals surface area (Å²) in [5.41, 5.74) is 1.44. The van der Waals surface area contributed by atoms with Crippen LogP contribution in [0.25, 0.3) is 0 Å². The number of hydrogen-bond acceptors (Lipinski definition) is 4. The largest absolute Gasteiger partial charge is 0.346 e. The summed E-state index contributed by atoms with van der Waals surface area (Å²) in [6.45, 7) is 7.28. The summed E-state index contributed by atoms with van der Waals surface area (Å²) in [5, 5.41) is 0. The molecule has 6 heteroatoms. The molecule has 0 saturated carbocycles. The Kier molecular flexibility index (Phi) is 7.70. The van der Waals surface area contributed by atoms with E-state index in [0.717, 1.165) is 36.2 Å². The summed E-state index contributed by atoms with van der Waals surface area (Å²) in [5.74, 6) is -0.586. The quantitative estimate of drug-likeness (QED) is 0.516. The van der Waals surface area contributed by atoms with E-state index in [0.29, 0.717) is 12.6 Å². The van der Waals surface area contributed by atoms with E-state index in [-0.39, 0.29) is 37.1 Å². The van der Waals surface area contributed by atoms with Crippen LogP contribution < -0.4 is 0 Å². The highest BCUT2D eigenvalue weighted by Crippen LogP contribution is 2.42. The van der Waals surface area contributed by atoms with Crippen LogP contribution in [0.1, 0.15) is 55.7 Å². The van der Waals surface area contributed by atoms with Gasteiger partial charge in [-0.15, -0.1) is 0 Å². The van der Waals surface area contributed by atoms with E-state index in [9.17, 15) is 14.4 Å². The molecule has 4 rings (SSSR count). The molecule has 0 radical (unpaired) electrons. The third-order valence-electron chi connectivity index (χ3n) is 7.78. The summed E-state index contributed by atoms with van der Waals surface area (Å²) >= 11 is 0. The van der Waals surface area contributed by atoms with Crippen LogP contribution >= 0.6 is 0 Å².